The molecule has 3 heterocycles. The van der Waals surface area contributed by atoms with Crippen molar-refractivity contribution in [3.05, 3.63) is 18.2 Å². The molecule has 1 saturated heterocycles. The zero-order chi connectivity index (χ0) is 11.5. The molecule has 7 heteroatoms. The fourth-order valence-corrected chi connectivity index (χ4v) is 1.81. The molecule has 17 heavy (non-hydrogen) atoms. The number of nitrogens with one attached hydrogen (secondary N) is 1. The van der Waals surface area contributed by atoms with Crippen molar-refractivity contribution >= 4 is 0 Å². The average molecular weight is 235 g/mol. The molecule has 0 aromatic carbocycles. The van der Waals surface area contributed by atoms with Crippen LogP contribution in [-0.4, -0.2) is 46.4 Å². The normalized spacial score (nSPS) is 17.4. The van der Waals surface area contributed by atoms with Crippen molar-refractivity contribution in [3.8, 4) is 11.6 Å². The molecule has 1 N–H and O–H groups in total. The number of rotatable bonds is 3. The Morgan fingerprint density at radius 2 is 2.18 bits per heavy atom. The molecule has 0 saturated carbocycles. The summed E-state index contributed by atoms with van der Waals surface area (Å²) in [5.74, 6) is 1.09. The lowest BCUT2D eigenvalue weighted by molar-refractivity contribution is 0.225. The number of piperazine rings is 1. The van der Waals surface area contributed by atoms with Crippen LogP contribution in [0, 0.1) is 0 Å². The Labute approximate surface area is 97.8 Å². The summed E-state index contributed by atoms with van der Waals surface area (Å²) in [6.45, 7) is 4.74. The van der Waals surface area contributed by atoms with Crippen molar-refractivity contribution < 1.29 is 9.05 Å². The summed E-state index contributed by atoms with van der Waals surface area (Å²) in [6.07, 6.45) is 1.48. The van der Waals surface area contributed by atoms with Gasteiger partial charge in [0.05, 0.1) is 6.54 Å². The van der Waals surface area contributed by atoms with E-state index in [0.29, 0.717) is 24.0 Å². The van der Waals surface area contributed by atoms with Crippen LogP contribution in [0.4, 0.5) is 0 Å². The maximum Gasteiger partial charge on any atom is 0.280 e. The minimum atomic E-state index is 0.406. The van der Waals surface area contributed by atoms with Crippen molar-refractivity contribution in [3.63, 3.8) is 0 Å². The predicted octanol–water partition coefficient (Wildman–Crippen LogP) is 0.130. The topological polar surface area (TPSA) is 80.2 Å². The van der Waals surface area contributed by atoms with Gasteiger partial charge in [-0.1, -0.05) is 10.3 Å². The molecule has 0 spiro atoms. The van der Waals surface area contributed by atoms with E-state index in [2.05, 4.69) is 25.5 Å². The number of hydrogen-bond donors (Lipinski definition) is 1. The van der Waals surface area contributed by atoms with E-state index in [1.807, 2.05) is 0 Å². The third-order valence-electron chi connectivity index (χ3n) is 2.70. The van der Waals surface area contributed by atoms with Gasteiger partial charge >= 0.3 is 0 Å². The first-order valence-corrected chi connectivity index (χ1v) is 5.58. The van der Waals surface area contributed by atoms with Gasteiger partial charge in [-0.15, -0.1) is 0 Å². The van der Waals surface area contributed by atoms with Crippen LogP contribution >= 0.6 is 0 Å². The van der Waals surface area contributed by atoms with E-state index < -0.39 is 0 Å². The molecule has 90 valence electrons. The first kappa shape index (κ1) is 10.4. The van der Waals surface area contributed by atoms with Gasteiger partial charge in [-0.25, -0.2) is 0 Å². The van der Waals surface area contributed by atoms with E-state index >= 15 is 0 Å². The van der Waals surface area contributed by atoms with Crippen molar-refractivity contribution in [2.45, 2.75) is 6.54 Å². The van der Waals surface area contributed by atoms with Crippen molar-refractivity contribution in [2.24, 2.45) is 0 Å². The SMILES string of the molecule is c1cc(-c2nc(CN3CCNCC3)no2)no1. The van der Waals surface area contributed by atoms with Gasteiger partial charge in [0.1, 0.15) is 6.26 Å². The maximum absolute atomic E-state index is 5.12. The van der Waals surface area contributed by atoms with Gasteiger partial charge in [-0.05, 0) is 0 Å². The summed E-state index contributed by atoms with van der Waals surface area (Å²) in [6, 6.07) is 1.70. The summed E-state index contributed by atoms with van der Waals surface area (Å²) < 4.78 is 9.86. The molecule has 0 atom stereocenters. The molecular formula is C10H13N5O2. The van der Waals surface area contributed by atoms with Gasteiger partial charge in [0.25, 0.3) is 5.89 Å². The molecule has 3 rings (SSSR count). The van der Waals surface area contributed by atoms with Crippen LogP contribution in [0.25, 0.3) is 11.6 Å². The Kier molecular flexibility index (Phi) is 2.85. The number of aromatic nitrogens is 3. The molecular weight excluding hydrogens is 222 g/mol. The van der Waals surface area contributed by atoms with Crippen LogP contribution in [0.2, 0.25) is 0 Å². The summed E-state index contributed by atoms with van der Waals surface area (Å²) in [5, 5.41) is 11.0. The van der Waals surface area contributed by atoms with Crippen LogP contribution < -0.4 is 5.32 Å². The summed E-state index contributed by atoms with van der Waals surface area (Å²) in [5.41, 5.74) is 0.573. The Morgan fingerprint density at radius 3 is 2.94 bits per heavy atom. The van der Waals surface area contributed by atoms with Gasteiger partial charge in [-0.2, -0.15) is 4.98 Å². The monoisotopic (exact) mass is 235 g/mol. The van der Waals surface area contributed by atoms with Crippen LogP contribution in [0.1, 0.15) is 5.82 Å². The van der Waals surface area contributed by atoms with Crippen LogP contribution in [0.3, 0.4) is 0 Å². The Morgan fingerprint density at radius 1 is 1.29 bits per heavy atom. The molecule has 0 unspecified atom stereocenters. The molecule has 1 aliphatic heterocycles. The molecule has 1 aliphatic rings. The minimum Gasteiger partial charge on any atom is -0.364 e. The summed E-state index contributed by atoms with van der Waals surface area (Å²) in [4.78, 5) is 6.57. The van der Waals surface area contributed by atoms with Crippen LogP contribution in [0.15, 0.2) is 21.4 Å². The summed E-state index contributed by atoms with van der Waals surface area (Å²) >= 11 is 0. The fraction of sp³-hybridized carbons (Fsp3) is 0.500. The largest absolute Gasteiger partial charge is 0.364 e. The quantitative estimate of drug-likeness (QED) is 0.809. The second-order valence-electron chi connectivity index (χ2n) is 3.93. The Hall–Kier alpha value is -1.73. The maximum atomic E-state index is 5.12. The minimum absolute atomic E-state index is 0.406. The van der Waals surface area contributed by atoms with Gasteiger partial charge < -0.3 is 14.4 Å². The first-order chi connectivity index (χ1) is 8.42. The van der Waals surface area contributed by atoms with Gasteiger partial charge in [0, 0.05) is 32.2 Å². The highest BCUT2D eigenvalue weighted by Crippen LogP contribution is 2.14. The second-order valence-corrected chi connectivity index (χ2v) is 3.93. The highest BCUT2D eigenvalue weighted by molar-refractivity contribution is 5.43. The molecule has 0 bridgehead atoms. The van der Waals surface area contributed by atoms with Crippen LogP contribution in [-0.2, 0) is 6.54 Å². The first-order valence-electron chi connectivity index (χ1n) is 5.58. The van der Waals surface area contributed by atoms with Crippen molar-refractivity contribution in [1.82, 2.24) is 25.5 Å². The van der Waals surface area contributed by atoms with E-state index in [4.69, 9.17) is 9.05 Å². The Balaban J connectivity index is 1.68. The lowest BCUT2D eigenvalue weighted by Crippen LogP contribution is -2.43. The highest BCUT2D eigenvalue weighted by atomic mass is 16.5. The van der Waals surface area contributed by atoms with Gasteiger partial charge in [-0.3, -0.25) is 4.90 Å². The lowest BCUT2D eigenvalue weighted by atomic mass is 10.3. The fourth-order valence-electron chi connectivity index (χ4n) is 1.81. The smallest absolute Gasteiger partial charge is 0.280 e. The predicted molar refractivity (Wildman–Crippen MR) is 57.9 cm³/mol. The van der Waals surface area contributed by atoms with E-state index in [1.54, 1.807) is 6.07 Å². The Bertz CT molecular complexity index is 461. The standard InChI is InChI=1S/C10H13N5O2/c1-6-16-13-8(1)10-12-9(14-17-10)7-15-4-2-11-3-5-15/h1,6,11H,2-5,7H2. The molecule has 0 amide bonds. The number of hydrogen-bond acceptors (Lipinski definition) is 7. The average Bonchev–Trinajstić information content (AvgIpc) is 3.00. The third-order valence-corrected chi connectivity index (χ3v) is 2.70. The van der Waals surface area contributed by atoms with E-state index in [-0.39, 0.29) is 0 Å². The van der Waals surface area contributed by atoms with Gasteiger partial charge in [0.15, 0.2) is 11.5 Å². The van der Waals surface area contributed by atoms with Crippen LogP contribution in [0.5, 0.6) is 0 Å². The molecule has 1 fully saturated rings. The van der Waals surface area contributed by atoms with E-state index in [1.165, 1.54) is 6.26 Å². The number of nitrogens with zero attached hydrogens (tertiary/aromatic N) is 4. The zero-order valence-corrected chi connectivity index (χ0v) is 9.30. The second kappa shape index (κ2) is 4.64. The van der Waals surface area contributed by atoms with E-state index in [9.17, 15) is 0 Å². The zero-order valence-electron chi connectivity index (χ0n) is 9.30. The molecule has 2 aromatic heterocycles. The third kappa shape index (κ3) is 2.34. The summed E-state index contributed by atoms with van der Waals surface area (Å²) in [7, 11) is 0. The van der Waals surface area contributed by atoms with E-state index in [0.717, 1.165) is 26.2 Å². The van der Waals surface area contributed by atoms with Gasteiger partial charge in [0.2, 0.25) is 0 Å². The molecule has 0 radical (unpaired) electrons. The molecule has 7 nitrogen and oxygen atoms in total. The molecule has 0 aliphatic carbocycles. The van der Waals surface area contributed by atoms with Crippen molar-refractivity contribution in [2.75, 3.05) is 26.2 Å². The lowest BCUT2D eigenvalue weighted by Gasteiger charge is -2.25. The highest BCUT2D eigenvalue weighted by Gasteiger charge is 2.15. The molecule has 2 aromatic rings. The van der Waals surface area contributed by atoms with Crippen molar-refractivity contribution in [1.29, 1.82) is 0 Å².